The van der Waals surface area contributed by atoms with Crippen molar-refractivity contribution in [1.29, 1.82) is 0 Å². The van der Waals surface area contributed by atoms with E-state index < -0.39 is 29.0 Å². The average molecular weight is 434 g/mol. The van der Waals surface area contributed by atoms with E-state index >= 15 is 0 Å². The fraction of sp³-hybridized carbons (Fsp3) is 0.286. The molecule has 2 aromatic carbocycles. The number of carbonyl (C=O) groups excluding carboxylic acids is 3. The molecule has 0 saturated heterocycles. The summed E-state index contributed by atoms with van der Waals surface area (Å²) in [5.41, 5.74) is 0.923. The molecule has 2 atom stereocenters. The Bertz CT molecular complexity index is 891. The van der Waals surface area contributed by atoms with Crippen molar-refractivity contribution in [2.24, 2.45) is 0 Å². The standard InChI is InChI=1S/C21H23FN2O5S/c1-13(20(26)24-17-6-4-5-7-18(17)28-3)29-21(27)14(2)30-12-19(25)23-16-10-8-15(22)9-11-16/h4-11,13-14H,12H2,1-3H3,(H,23,25)(H,24,26). The third-order valence-corrected chi connectivity index (χ3v) is 5.07. The number of ether oxygens (including phenoxy) is 2. The van der Waals surface area contributed by atoms with Crippen LogP contribution in [0.1, 0.15) is 13.8 Å². The molecule has 0 aliphatic heterocycles. The number of nitrogens with one attached hydrogen (secondary N) is 2. The minimum absolute atomic E-state index is 0.00453. The fourth-order valence-corrected chi connectivity index (χ4v) is 2.97. The lowest BCUT2D eigenvalue weighted by Crippen LogP contribution is -2.33. The molecule has 2 N–H and O–H groups in total. The molecule has 2 unspecified atom stereocenters. The zero-order valence-electron chi connectivity index (χ0n) is 16.8. The van der Waals surface area contributed by atoms with E-state index in [0.717, 1.165) is 11.8 Å². The maximum Gasteiger partial charge on any atom is 0.319 e. The van der Waals surface area contributed by atoms with Crippen LogP contribution in [0.3, 0.4) is 0 Å². The van der Waals surface area contributed by atoms with Crippen LogP contribution in [0.5, 0.6) is 5.75 Å². The van der Waals surface area contributed by atoms with E-state index in [4.69, 9.17) is 9.47 Å². The van der Waals surface area contributed by atoms with Crippen molar-refractivity contribution in [1.82, 2.24) is 0 Å². The summed E-state index contributed by atoms with van der Waals surface area (Å²) in [7, 11) is 1.49. The van der Waals surface area contributed by atoms with Crippen LogP contribution in [0.15, 0.2) is 48.5 Å². The first-order valence-corrected chi connectivity index (χ1v) is 10.2. The maximum absolute atomic E-state index is 12.9. The van der Waals surface area contributed by atoms with E-state index in [-0.39, 0.29) is 11.7 Å². The van der Waals surface area contributed by atoms with Gasteiger partial charge >= 0.3 is 5.97 Å². The summed E-state index contributed by atoms with van der Waals surface area (Å²) in [6, 6.07) is 12.2. The number of rotatable bonds is 9. The Morgan fingerprint density at radius 1 is 1.03 bits per heavy atom. The topological polar surface area (TPSA) is 93.7 Å². The second kappa shape index (κ2) is 11.2. The summed E-state index contributed by atoms with van der Waals surface area (Å²) >= 11 is 1.07. The van der Waals surface area contributed by atoms with Crippen LogP contribution in [0.2, 0.25) is 0 Å². The number of thioether (sulfide) groups is 1. The molecule has 9 heteroatoms. The Morgan fingerprint density at radius 3 is 2.37 bits per heavy atom. The Labute approximate surface area is 178 Å². The largest absolute Gasteiger partial charge is 0.495 e. The van der Waals surface area contributed by atoms with Gasteiger partial charge in [-0.3, -0.25) is 14.4 Å². The number of hydrogen-bond acceptors (Lipinski definition) is 6. The Kier molecular flexibility index (Phi) is 8.67. The van der Waals surface area contributed by atoms with E-state index in [1.165, 1.54) is 38.3 Å². The number of carbonyl (C=O) groups is 3. The van der Waals surface area contributed by atoms with Crippen LogP contribution >= 0.6 is 11.8 Å². The molecule has 0 heterocycles. The Morgan fingerprint density at radius 2 is 1.70 bits per heavy atom. The number of amides is 2. The number of methoxy groups -OCH3 is 1. The second-order valence-corrected chi connectivity index (χ2v) is 7.61. The van der Waals surface area contributed by atoms with Gasteiger partial charge in [0.25, 0.3) is 5.91 Å². The first-order valence-electron chi connectivity index (χ1n) is 9.11. The summed E-state index contributed by atoms with van der Waals surface area (Å²) in [5.74, 6) is -1.37. The molecule has 2 rings (SSSR count). The van der Waals surface area contributed by atoms with Crippen molar-refractivity contribution in [2.75, 3.05) is 23.5 Å². The van der Waals surface area contributed by atoms with Crippen molar-refractivity contribution in [3.8, 4) is 5.75 Å². The molecule has 2 amide bonds. The minimum atomic E-state index is -1.03. The lowest BCUT2D eigenvalue weighted by molar-refractivity contribution is -0.152. The molecule has 0 aromatic heterocycles. The predicted octanol–water partition coefficient (Wildman–Crippen LogP) is 3.46. The van der Waals surface area contributed by atoms with Gasteiger partial charge in [0.1, 0.15) is 16.8 Å². The zero-order chi connectivity index (χ0) is 22.1. The van der Waals surface area contributed by atoms with Crippen molar-refractivity contribution < 1.29 is 28.2 Å². The molecule has 0 spiro atoms. The van der Waals surface area contributed by atoms with Crippen molar-refractivity contribution >= 4 is 40.9 Å². The van der Waals surface area contributed by atoms with Gasteiger partial charge in [0.2, 0.25) is 5.91 Å². The highest BCUT2D eigenvalue weighted by atomic mass is 32.2. The molecule has 7 nitrogen and oxygen atoms in total. The van der Waals surface area contributed by atoms with Crippen molar-refractivity contribution in [2.45, 2.75) is 25.2 Å². The second-order valence-electron chi connectivity index (χ2n) is 6.28. The van der Waals surface area contributed by atoms with Crippen molar-refractivity contribution in [3.05, 3.63) is 54.3 Å². The molecule has 0 saturated carbocycles. The Balaban J connectivity index is 1.79. The van der Waals surface area contributed by atoms with E-state index in [0.29, 0.717) is 17.1 Å². The molecular weight excluding hydrogens is 411 g/mol. The normalized spacial score (nSPS) is 12.4. The smallest absolute Gasteiger partial charge is 0.319 e. The summed E-state index contributed by atoms with van der Waals surface area (Å²) in [6.07, 6.45) is -1.03. The molecule has 30 heavy (non-hydrogen) atoms. The van der Waals surface area contributed by atoms with Crippen LogP contribution in [0.4, 0.5) is 15.8 Å². The monoisotopic (exact) mass is 434 g/mol. The lowest BCUT2D eigenvalue weighted by atomic mass is 10.2. The van der Waals surface area contributed by atoms with Crippen LogP contribution < -0.4 is 15.4 Å². The van der Waals surface area contributed by atoms with Gasteiger partial charge in [-0.05, 0) is 50.2 Å². The molecule has 0 aliphatic carbocycles. The molecule has 0 bridgehead atoms. The zero-order valence-corrected chi connectivity index (χ0v) is 17.6. The number of benzene rings is 2. The quantitative estimate of drug-likeness (QED) is 0.587. The summed E-state index contributed by atoms with van der Waals surface area (Å²) in [4.78, 5) is 36.5. The molecule has 160 valence electrons. The van der Waals surface area contributed by atoms with Gasteiger partial charge in [0.05, 0.1) is 18.6 Å². The molecule has 0 aliphatic rings. The van der Waals surface area contributed by atoms with Crippen LogP contribution in [-0.2, 0) is 19.1 Å². The highest BCUT2D eigenvalue weighted by molar-refractivity contribution is 8.01. The van der Waals surface area contributed by atoms with Gasteiger partial charge in [0.15, 0.2) is 6.10 Å². The molecular formula is C21H23FN2O5S. The number of hydrogen-bond donors (Lipinski definition) is 2. The summed E-state index contributed by atoms with van der Waals surface area (Å²) in [6.45, 7) is 3.05. The SMILES string of the molecule is COc1ccccc1NC(=O)C(C)OC(=O)C(C)SCC(=O)Nc1ccc(F)cc1. The lowest BCUT2D eigenvalue weighted by Gasteiger charge is -2.17. The Hall–Kier alpha value is -3.07. The van der Waals surface area contributed by atoms with Crippen molar-refractivity contribution in [3.63, 3.8) is 0 Å². The van der Waals surface area contributed by atoms with Gasteiger partial charge in [-0.15, -0.1) is 11.8 Å². The summed E-state index contributed by atoms with van der Waals surface area (Å²) < 4.78 is 23.2. The van der Waals surface area contributed by atoms with Gasteiger partial charge in [0, 0.05) is 5.69 Å². The average Bonchev–Trinajstić information content (AvgIpc) is 2.73. The van der Waals surface area contributed by atoms with Crippen LogP contribution in [0.25, 0.3) is 0 Å². The van der Waals surface area contributed by atoms with E-state index in [1.54, 1.807) is 31.2 Å². The van der Waals surface area contributed by atoms with Gasteiger partial charge in [-0.1, -0.05) is 12.1 Å². The first-order chi connectivity index (χ1) is 14.3. The van der Waals surface area contributed by atoms with E-state index in [9.17, 15) is 18.8 Å². The maximum atomic E-state index is 12.9. The molecule has 0 radical (unpaired) electrons. The van der Waals surface area contributed by atoms with E-state index in [1.807, 2.05) is 0 Å². The highest BCUT2D eigenvalue weighted by Gasteiger charge is 2.23. The minimum Gasteiger partial charge on any atom is -0.495 e. The van der Waals surface area contributed by atoms with Gasteiger partial charge in [-0.25, -0.2) is 4.39 Å². The van der Waals surface area contributed by atoms with Crippen LogP contribution in [-0.4, -0.2) is 42.0 Å². The third-order valence-electron chi connectivity index (χ3n) is 3.95. The first kappa shape index (κ1) is 23.2. The predicted molar refractivity (Wildman–Crippen MR) is 114 cm³/mol. The summed E-state index contributed by atoms with van der Waals surface area (Å²) in [5, 5.41) is 4.59. The van der Waals surface area contributed by atoms with E-state index in [2.05, 4.69) is 10.6 Å². The number of para-hydroxylation sites is 2. The fourth-order valence-electron chi connectivity index (χ4n) is 2.30. The number of anilines is 2. The number of halogens is 1. The van der Waals surface area contributed by atoms with Crippen LogP contribution in [0, 0.1) is 5.82 Å². The highest BCUT2D eigenvalue weighted by Crippen LogP contribution is 2.23. The molecule has 2 aromatic rings. The third kappa shape index (κ3) is 7.07. The molecule has 0 fully saturated rings. The van der Waals surface area contributed by atoms with Gasteiger partial charge < -0.3 is 20.1 Å². The number of esters is 1. The van der Waals surface area contributed by atoms with Gasteiger partial charge in [-0.2, -0.15) is 0 Å².